The van der Waals surface area contributed by atoms with E-state index in [1.807, 2.05) is 56.0 Å². The van der Waals surface area contributed by atoms with Crippen LogP contribution in [0.2, 0.25) is 0 Å². The van der Waals surface area contributed by atoms with E-state index in [2.05, 4.69) is 10.6 Å². The number of carbonyl (C=O) groups excluding carboxylic acids is 3. The highest BCUT2D eigenvalue weighted by molar-refractivity contribution is 5.98. The second kappa shape index (κ2) is 9.75. The van der Waals surface area contributed by atoms with E-state index >= 15 is 0 Å². The van der Waals surface area contributed by atoms with Gasteiger partial charge in [0.1, 0.15) is 0 Å². The first-order chi connectivity index (χ1) is 14.7. The Kier molecular flexibility index (Phi) is 7.07. The van der Waals surface area contributed by atoms with E-state index in [0.29, 0.717) is 44.0 Å². The Morgan fingerprint density at radius 1 is 0.839 bits per heavy atom. The monoisotopic (exact) mass is 422 g/mol. The molecule has 2 aromatic carbocycles. The molecule has 3 rings (SSSR count). The standard InChI is InChI=1S/C24H30N4O3/c1-24(2,3)23(31)26-20-11-7-8-18(16-20)22(30)28-14-12-27(13-15-28)17-21(29)25-19-9-5-4-6-10-19/h4-11,16H,12-15,17H2,1-3H3,(H,25,29)(H,26,31). The van der Waals surface area contributed by atoms with Gasteiger partial charge in [-0.15, -0.1) is 0 Å². The summed E-state index contributed by atoms with van der Waals surface area (Å²) in [5.41, 5.74) is 1.42. The van der Waals surface area contributed by atoms with Gasteiger partial charge < -0.3 is 15.5 Å². The summed E-state index contributed by atoms with van der Waals surface area (Å²) < 4.78 is 0. The average Bonchev–Trinajstić information content (AvgIpc) is 2.74. The summed E-state index contributed by atoms with van der Waals surface area (Å²) in [7, 11) is 0. The van der Waals surface area contributed by atoms with E-state index in [0.717, 1.165) is 5.69 Å². The van der Waals surface area contributed by atoms with Gasteiger partial charge in [0.05, 0.1) is 6.54 Å². The minimum atomic E-state index is -0.511. The van der Waals surface area contributed by atoms with Crippen molar-refractivity contribution >= 4 is 29.1 Å². The highest BCUT2D eigenvalue weighted by Gasteiger charge is 2.24. The van der Waals surface area contributed by atoms with Crippen molar-refractivity contribution in [2.75, 3.05) is 43.4 Å². The Hall–Kier alpha value is -3.19. The van der Waals surface area contributed by atoms with Crippen molar-refractivity contribution in [2.24, 2.45) is 5.41 Å². The highest BCUT2D eigenvalue weighted by atomic mass is 16.2. The Morgan fingerprint density at radius 3 is 2.13 bits per heavy atom. The van der Waals surface area contributed by atoms with E-state index in [9.17, 15) is 14.4 Å². The molecular weight excluding hydrogens is 392 g/mol. The molecule has 1 fully saturated rings. The van der Waals surface area contributed by atoms with Crippen LogP contribution in [-0.2, 0) is 9.59 Å². The Morgan fingerprint density at radius 2 is 1.48 bits per heavy atom. The Bertz CT molecular complexity index is 929. The van der Waals surface area contributed by atoms with Gasteiger partial charge >= 0.3 is 0 Å². The summed E-state index contributed by atoms with van der Waals surface area (Å²) in [6.45, 7) is 8.20. The van der Waals surface area contributed by atoms with Gasteiger partial charge in [0.15, 0.2) is 0 Å². The zero-order valence-corrected chi connectivity index (χ0v) is 18.4. The molecule has 1 saturated heterocycles. The second-order valence-corrected chi connectivity index (χ2v) is 8.77. The van der Waals surface area contributed by atoms with Crippen molar-refractivity contribution < 1.29 is 14.4 Å². The molecule has 0 aromatic heterocycles. The summed E-state index contributed by atoms with van der Waals surface area (Å²) >= 11 is 0. The van der Waals surface area contributed by atoms with Crippen molar-refractivity contribution in [2.45, 2.75) is 20.8 Å². The minimum absolute atomic E-state index is 0.0618. The lowest BCUT2D eigenvalue weighted by Gasteiger charge is -2.34. The van der Waals surface area contributed by atoms with E-state index in [1.165, 1.54) is 0 Å². The van der Waals surface area contributed by atoms with Gasteiger partial charge in [-0.2, -0.15) is 0 Å². The maximum absolute atomic E-state index is 12.9. The molecule has 31 heavy (non-hydrogen) atoms. The molecule has 164 valence electrons. The van der Waals surface area contributed by atoms with E-state index < -0.39 is 5.41 Å². The first-order valence-electron chi connectivity index (χ1n) is 10.5. The molecule has 7 nitrogen and oxygen atoms in total. The molecule has 0 atom stereocenters. The molecule has 3 amide bonds. The molecule has 2 aromatic rings. The van der Waals surface area contributed by atoms with Crippen molar-refractivity contribution in [1.29, 1.82) is 0 Å². The largest absolute Gasteiger partial charge is 0.336 e. The van der Waals surface area contributed by atoms with Gasteiger partial charge in [-0.1, -0.05) is 45.0 Å². The third kappa shape index (κ3) is 6.39. The van der Waals surface area contributed by atoms with E-state index in [-0.39, 0.29) is 17.7 Å². The van der Waals surface area contributed by atoms with Crippen LogP contribution in [0.4, 0.5) is 11.4 Å². The van der Waals surface area contributed by atoms with Gasteiger partial charge in [0, 0.05) is 48.5 Å². The first-order valence-corrected chi connectivity index (χ1v) is 10.5. The fourth-order valence-corrected chi connectivity index (χ4v) is 3.27. The van der Waals surface area contributed by atoms with Gasteiger partial charge in [0.25, 0.3) is 5.91 Å². The number of amides is 3. The number of nitrogens with one attached hydrogen (secondary N) is 2. The second-order valence-electron chi connectivity index (χ2n) is 8.77. The molecule has 0 radical (unpaired) electrons. The SMILES string of the molecule is CC(C)(C)C(=O)Nc1cccc(C(=O)N2CCN(CC(=O)Nc3ccccc3)CC2)c1. The van der Waals surface area contributed by atoms with Crippen LogP contribution in [0.25, 0.3) is 0 Å². The van der Waals surface area contributed by atoms with Gasteiger partial charge in [-0.3, -0.25) is 19.3 Å². The van der Waals surface area contributed by atoms with Crippen LogP contribution in [0.15, 0.2) is 54.6 Å². The van der Waals surface area contributed by atoms with Crippen molar-refractivity contribution in [1.82, 2.24) is 9.80 Å². The molecule has 0 bridgehead atoms. The smallest absolute Gasteiger partial charge is 0.254 e. The van der Waals surface area contributed by atoms with Crippen molar-refractivity contribution in [3.05, 3.63) is 60.2 Å². The first kappa shape index (κ1) is 22.5. The summed E-state index contributed by atoms with van der Waals surface area (Å²) in [6.07, 6.45) is 0. The fraction of sp³-hybridized carbons (Fsp3) is 0.375. The average molecular weight is 423 g/mol. The van der Waals surface area contributed by atoms with Gasteiger partial charge in [-0.25, -0.2) is 0 Å². The predicted octanol–water partition coefficient (Wildman–Crippen LogP) is 3.07. The summed E-state index contributed by atoms with van der Waals surface area (Å²) in [4.78, 5) is 41.2. The third-order valence-corrected chi connectivity index (χ3v) is 5.13. The molecule has 0 spiro atoms. The number of hydrogen-bond donors (Lipinski definition) is 2. The molecule has 1 aliphatic heterocycles. The van der Waals surface area contributed by atoms with Crippen LogP contribution in [0.3, 0.4) is 0 Å². The quantitative estimate of drug-likeness (QED) is 0.776. The number of benzene rings is 2. The van der Waals surface area contributed by atoms with Crippen LogP contribution in [0.5, 0.6) is 0 Å². The fourth-order valence-electron chi connectivity index (χ4n) is 3.27. The van der Waals surface area contributed by atoms with Crippen LogP contribution in [0.1, 0.15) is 31.1 Å². The van der Waals surface area contributed by atoms with E-state index in [4.69, 9.17) is 0 Å². The maximum Gasteiger partial charge on any atom is 0.254 e. The third-order valence-electron chi connectivity index (χ3n) is 5.13. The van der Waals surface area contributed by atoms with Crippen LogP contribution >= 0.6 is 0 Å². The van der Waals surface area contributed by atoms with Gasteiger partial charge in [0.2, 0.25) is 11.8 Å². The van der Waals surface area contributed by atoms with Crippen molar-refractivity contribution in [3.8, 4) is 0 Å². The molecule has 1 aliphatic rings. The predicted molar refractivity (Wildman–Crippen MR) is 122 cm³/mol. The van der Waals surface area contributed by atoms with Crippen LogP contribution < -0.4 is 10.6 Å². The summed E-state index contributed by atoms with van der Waals surface area (Å²) in [5.74, 6) is -0.229. The zero-order chi connectivity index (χ0) is 22.4. The molecule has 2 N–H and O–H groups in total. The molecule has 1 heterocycles. The maximum atomic E-state index is 12.9. The summed E-state index contributed by atoms with van der Waals surface area (Å²) in [6, 6.07) is 16.4. The normalized spacial score (nSPS) is 14.7. The molecular formula is C24H30N4O3. The lowest BCUT2D eigenvalue weighted by Crippen LogP contribution is -2.50. The van der Waals surface area contributed by atoms with Crippen LogP contribution in [0, 0.1) is 5.41 Å². The number of hydrogen-bond acceptors (Lipinski definition) is 4. The Balaban J connectivity index is 1.51. The molecule has 0 saturated carbocycles. The lowest BCUT2D eigenvalue weighted by molar-refractivity contribution is -0.123. The molecule has 0 aliphatic carbocycles. The van der Waals surface area contributed by atoms with Crippen LogP contribution in [-0.4, -0.2) is 60.2 Å². The molecule has 0 unspecified atom stereocenters. The highest BCUT2D eigenvalue weighted by Crippen LogP contribution is 2.19. The number of nitrogens with zero attached hydrogens (tertiary/aromatic N) is 2. The lowest BCUT2D eigenvalue weighted by atomic mass is 9.95. The molecule has 7 heteroatoms. The zero-order valence-electron chi connectivity index (χ0n) is 18.4. The minimum Gasteiger partial charge on any atom is -0.336 e. The van der Waals surface area contributed by atoms with E-state index in [1.54, 1.807) is 29.2 Å². The van der Waals surface area contributed by atoms with Gasteiger partial charge in [-0.05, 0) is 30.3 Å². The topological polar surface area (TPSA) is 81.8 Å². The Labute approximate surface area is 183 Å². The number of para-hydroxylation sites is 1. The van der Waals surface area contributed by atoms with Crippen molar-refractivity contribution in [3.63, 3.8) is 0 Å². The number of rotatable bonds is 5. The number of carbonyl (C=O) groups is 3. The number of piperazine rings is 1. The number of anilines is 2. The summed E-state index contributed by atoms with van der Waals surface area (Å²) in [5, 5.41) is 5.75.